The molecule has 2 aromatic heterocycles. The summed E-state index contributed by atoms with van der Waals surface area (Å²) in [5.74, 6) is 0.204. The molecule has 152 valence electrons. The third-order valence-electron chi connectivity index (χ3n) is 5.23. The van der Waals surface area contributed by atoms with Gasteiger partial charge in [0.2, 0.25) is 11.9 Å². The van der Waals surface area contributed by atoms with Crippen LogP contribution in [0.2, 0.25) is 0 Å². The molecular weight excluding hydrogens is 368 g/mol. The van der Waals surface area contributed by atoms with Gasteiger partial charge < -0.3 is 10.6 Å². The summed E-state index contributed by atoms with van der Waals surface area (Å²) in [6.45, 7) is 3.75. The fourth-order valence-electron chi connectivity index (χ4n) is 3.85. The van der Waals surface area contributed by atoms with Gasteiger partial charge in [-0.1, -0.05) is 31.4 Å². The number of anilines is 2. The van der Waals surface area contributed by atoms with Gasteiger partial charge in [0.25, 0.3) is 0 Å². The smallest absolute Gasteiger partial charge is 0.352 e. The molecule has 1 amide bonds. The van der Waals surface area contributed by atoms with Crippen LogP contribution in [0.15, 0.2) is 35.1 Å². The van der Waals surface area contributed by atoms with Crippen LogP contribution >= 0.6 is 0 Å². The number of hydrogen-bond donors (Lipinski definition) is 2. The minimum Gasteiger partial charge on any atom is -0.352 e. The Kier molecular flexibility index (Phi) is 5.33. The van der Waals surface area contributed by atoms with Gasteiger partial charge in [-0.25, -0.2) is 18.9 Å². The maximum Gasteiger partial charge on any atom is 0.353 e. The summed E-state index contributed by atoms with van der Waals surface area (Å²) in [7, 11) is 0. The monoisotopic (exact) mass is 394 g/mol. The van der Waals surface area contributed by atoms with Crippen molar-refractivity contribution in [3.05, 3.63) is 52.1 Å². The van der Waals surface area contributed by atoms with Crippen molar-refractivity contribution < 1.29 is 4.79 Å². The van der Waals surface area contributed by atoms with Crippen molar-refractivity contribution in [2.24, 2.45) is 0 Å². The second kappa shape index (κ2) is 8.06. The first kappa shape index (κ1) is 19.2. The number of nitrogens with zero attached hydrogens (tertiary/aromatic N) is 4. The predicted molar refractivity (Wildman–Crippen MR) is 111 cm³/mol. The minimum absolute atomic E-state index is 0.0973. The highest BCUT2D eigenvalue weighted by Gasteiger charge is 2.19. The minimum atomic E-state index is -0.388. The number of fused-ring (bicyclic) bond motifs is 1. The summed E-state index contributed by atoms with van der Waals surface area (Å²) < 4.78 is 2.61. The van der Waals surface area contributed by atoms with Gasteiger partial charge in [-0.3, -0.25) is 4.79 Å². The van der Waals surface area contributed by atoms with E-state index in [0.717, 1.165) is 42.6 Å². The largest absolute Gasteiger partial charge is 0.353 e. The topological polar surface area (TPSA) is 93.3 Å². The van der Waals surface area contributed by atoms with Gasteiger partial charge in [-0.2, -0.15) is 0 Å². The van der Waals surface area contributed by atoms with Crippen molar-refractivity contribution in [2.45, 2.75) is 58.5 Å². The Morgan fingerprint density at radius 2 is 1.97 bits per heavy atom. The van der Waals surface area contributed by atoms with E-state index in [-0.39, 0.29) is 24.2 Å². The Labute approximate surface area is 169 Å². The maximum atomic E-state index is 12.9. The summed E-state index contributed by atoms with van der Waals surface area (Å²) in [5.41, 5.74) is 2.74. The molecule has 2 heterocycles. The van der Waals surface area contributed by atoms with Gasteiger partial charge in [0.15, 0.2) is 5.65 Å². The molecule has 0 saturated heterocycles. The first-order valence-corrected chi connectivity index (χ1v) is 10.1. The standard InChI is InChI=1S/C21H26N6O2/c1-14-7-6-10-17(11-14)24-20-22-15(2)12-18-25-26(21(29)27(18)20)13-19(28)23-16-8-4-3-5-9-16/h6-7,10-12,16H,3-5,8-9,13H2,1-2H3,(H,22,24)(H,23,28). The van der Waals surface area contributed by atoms with Crippen molar-refractivity contribution in [3.63, 3.8) is 0 Å². The molecule has 1 aromatic carbocycles. The SMILES string of the molecule is Cc1cccc(Nc2nc(C)cc3nn(CC(=O)NC4CCCCC4)c(=O)n23)c1. The van der Waals surface area contributed by atoms with Crippen LogP contribution in [0.1, 0.15) is 43.4 Å². The molecule has 0 atom stereocenters. The van der Waals surface area contributed by atoms with Gasteiger partial charge in [0.05, 0.1) is 0 Å². The van der Waals surface area contributed by atoms with Gasteiger partial charge in [0, 0.05) is 23.5 Å². The molecule has 1 aliphatic carbocycles. The average Bonchev–Trinajstić information content (AvgIpc) is 2.97. The summed E-state index contributed by atoms with van der Waals surface area (Å²) >= 11 is 0. The molecule has 0 radical (unpaired) electrons. The molecule has 3 aromatic rings. The van der Waals surface area contributed by atoms with E-state index < -0.39 is 0 Å². The summed E-state index contributed by atoms with van der Waals surface area (Å²) in [6, 6.07) is 9.76. The molecule has 0 aliphatic heterocycles. The molecule has 2 N–H and O–H groups in total. The molecule has 8 nitrogen and oxygen atoms in total. The van der Waals surface area contributed by atoms with Crippen molar-refractivity contribution in [3.8, 4) is 0 Å². The molecule has 1 fully saturated rings. The van der Waals surface area contributed by atoms with Gasteiger partial charge >= 0.3 is 5.69 Å². The van der Waals surface area contributed by atoms with Crippen molar-refractivity contribution in [2.75, 3.05) is 5.32 Å². The molecular formula is C21H26N6O2. The summed E-state index contributed by atoms with van der Waals surface area (Å²) in [4.78, 5) is 29.9. The van der Waals surface area contributed by atoms with Crippen molar-refractivity contribution in [1.29, 1.82) is 0 Å². The molecule has 1 aliphatic rings. The highest BCUT2D eigenvalue weighted by Crippen LogP contribution is 2.18. The van der Waals surface area contributed by atoms with E-state index in [1.54, 1.807) is 6.07 Å². The van der Waals surface area contributed by atoms with E-state index in [1.807, 2.05) is 38.1 Å². The molecule has 0 bridgehead atoms. The Hall–Kier alpha value is -3.16. The van der Waals surface area contributed by atoms with Crippen LogP contribution < -0.4 is 16.3 Å². The first-order chi connectivity index (χ1) is 14.0. The maximum absolute atomic E-state index is 12.9. The van der Waals surface area contributed by atoms with Crippen LogP contribution in [0.25, 0.3) is 5.65 Å². The number of amides is 1. The van der Waals surface area contributed by atoms with Gasteiger partial charge in [0.1, 0.15) is 6.54 Å². The number of benzene rings is 1. The predicted octanol–water partition coefficient (Wildman–Crippen LogP) is 2.70. The van der Waals surface area contributed by atoms with Crippen LogP contribution in [0, 0.1) is 13.8 Å². The number of carbonyl (C=O) groups is 1. The Bertz CT molecular complexity index is 1090. The lowest BCUT2D eigenvalue weighted by Gasteiger charge is -2.22. The summed E-state index contributed by atoms with van der Waals surface area (Å²) in [5, 5.41) is 10.6. The molecule has 4 rings (SSSR count). The zero-order valence-corrected chi connectivity index (χ0v) is 16.8. The Morgan fingerprint density at radius 3 is 2.72 bits per heavy atom. The van der Waals surface area contributed by atoms with E-state index in [4.69, 9.17) is 0 Å². The molecule has 8 heteroatoms. The van der Waals surface area contributed by atoms with Crippen LogP contribution in [-0.2, 0) is 11.3 Å². The van der Waals surface area contributed by atoms with Gasteiger partial charge in [-0.05, 0) is 44.4 Å². The second-order valence-electron chi connectivity index (χ2n) is 7.75. The fraction of sp³-hybridized carbons (Fsp3) is 0.429. The van der Waals surface area contributed by atoms with Crippen molar-refractivity contribution >= 4 is 23.2 Å². The zero-order valence-electron chi connectivity index (χ0n) is 16.8. The third-order valence-corrected chi connectivity index (χ3v) is 5.23. The lowest BCUT2D eigenvalue weighted by atomic mass is 9.95. The lowest BCUT2D eigenvalue weighted by Crippen LogP contribution is -2.40. The Morgan fingerprint density at radius 1 is 1.17 bits per heavy atom. The molecule has 1 saturated carbocycles. The van der Waals surface area contributed by atoms with Crippen LogP contribution in [0.3, 0.4) is 0 Å². The number of aromatic nitrogens is 4. The highest BCUT2D eigenvalue weighted by atomic mass is 16.2. The second-order valence-corrected chi connectivity index (χ2v) is 7.75. The highest BCUT2D eigenvalue weighted by molar-refractivity contribution is 5.76. The molecule has 0 unspecified atom stereocenters. The van der Waals surface area contributed by atoms with E-state index in [2.05, 4.69) is 20.7 Å². The summed E-state index contributed by atoms with van der Waals surface area (Å²) in [6.07, 6.45) is 5.50. The normalized spacial score (nSPS) is 14.8. The van der Waals surface area contributed by atoms with E-state index in [9.17, 15) is 9.59 Å². The third kappa shape index (κ3) is 4.31. The zero-order chi connectivity index (χ0) is 20.4. The van der Waals surface area contributed by atoms with Crippen LogP contribution in [-0.4, -0.2) is 31.1 Å². The fourth-order valence-corrected chi connectivity index (χ4v) is 3.85. The number of carbonyl (C=O) groups excluding carboxylic acids is 1. The average molecular weight is 394 g/mol. The van der Waals surface area contributed by atoms with E-state index >= 15 is 0 Å². The number of nitrogens with one attached hydrogen (secondary N) is 2. The van der Waals surface area contributed by atoms with Crippen LogP contribution in [0.4, 0.5) is 11.6 Å². The lowest BCUT2D eigenvalue weighted by molar-refractivity contribution is -0.122. The quantitative estimate of drug-likeness (QED) is 0.694. The van der Waals surface area contributed by atoms with Crippen molar-refractivity contribution in [1.82, 2.24) is 24.5 Å². The van der Waals surface area contributed by atoms with Gasteiger partial charge in [-0.15, -0.1) is 5.10 Å². The number of rotatable bonds is 5. The van der Waals surface area contributed by atoms with E-state index in [0.29, 0.717) is 11.6 Å². The molecule has 29 heavy (non-hydrogen) atoms. The molecule has 0 spiro atoms. The van der Waals surface area contributed by atoms with Crippen LogP contribution in [0.5, 0.6) is 0 Å². The van der Waals surface area contributed by atoms with E-state index in [1.165, 1.54) is 15.5 Å². The Balaban J connectivity index is 1.60. The first-order valence-electron chi connectivity index (χ1n) is 10.1. The number of aryl methyl sites for hydroxylation is 2. The number of hydrogen-bond acceptors (Lipinski definition) is 5.